The van der Waals surface area contributed by atoms with Gasteiger partial charge in [0.25, 0.3) is 5.69 Å². The van der Waals surface area contributed by atoms with E-state index in [2.05, 4.69) is 0 Å². The zero-order valence-electron chi connectivity index (χ0n) is 10.1. The molecule has 0 amide bonds. The summed E-state index contributed by atoms with van der Waals surface area (Å²) in [7, 11) is 0. The number of nitrogens with zero attached hydrogens (tertiary/aromatic N) is 1. The molecule has 0 saturated carbocycles. The molecule has 1 atom stereocenters. The molecule has 2 N–H and O–H groups in total. The Kier molecular flexibility index (Phi) is 2.68. The highest BCUT2D eigenvalue weighted by molar-refractivity contribution is 5.69. The van der Waals surface area contributed by atoms with E-state index in [4.69, 9.17) is 10.5 Å². The summed E-state index contributed by atoms with van der Waals surface area (Å²) in [5.41, 5.74) is 6.73. The van der Waals surface area contributed by atoms with Crippen LogP contribution in [0.5, 0.6) is 0 Å². The third kappa shape index (κ3) is 1.84. The minimum absolute atomic E-state index is 0.0441. The van der Waals surface area contributed by atoms with Crippen LogP contribution >= 0.6 is 0 Å². The number of hydrogen-bond acceptors (Lipinski definition) is 4. The number of nitro benzene ring substituents is 1. The van der Waals surface area contributed by atoms with E-state index in [-0.39, 0.29) is 18.3 Å². The summed E-state index contributed by atoms with van der Waals surface area (Å²) in [6, 6.07) is 4.79. The molecule has 1 unspecified atom stereocenters. The van der Waals surface area contributed by atoms with Crippen LogP contribution in [0.15, 0.2) is 42.5 Å². The Morgan fingerprint density at radius 1 is 1.32 bits per heavy atom. The molecule has 19 heavy (non-hydrogen) atoms. The van der Waals surface area contributed by atoms with Crippen LogP contribution in [0.4, 0.5) is 5.69 Å². The molecule has 1 aromatic rings. The van der Waals surface area contributed by atoms with Gasteiger partial charge < -0.3 is 10.5 Å². The number of allylic oxidation sites excluding steroid dienone is 2. The number of nitro groups is 1. The number of non-ortho nitro benzene ring substituents is 1. The zero-order valence-corrected chi connectivity index (χ0v) is 10.1. The quantitative estimate of drug-likeness (QED) is 0.611. The Bertz CT molecular complexity index is 732. The first-order valence-corrected chi connectivity index (χ1v) is 5.94. The van der Waals surface area contributed by atoms with Crippen LogP contribution in [0.25, 0.3) is 11.3 Å². The van der Waals surface area contributed by atoms with Gasteiger partial charge in [-0.3, -0.25) is 10.1 Å². The number of ether oxygens (including phenoxy) is 1. The van der Waals surface area contributed by atoms with E-state index < -0.39 is 4.92 Å². The molecule has 1 aromatic carbocycles. The van der Waals surface area contributed by atoms with E-state index in [1.807, 2.05) is 24.3 Å². The summed E-state index contributed by atoms with van der Waals surface area (Å²) >= 11 is 0. The normalized spacial score (nSPS) is 19.7. The topological polar surface area (TPSA) is 78.4 Å². The lowest BCUT2D eigenvalue weighted by atomic mass is 9.97. The molecule has 5 nitrogen and oxygen atoms in total. The van der Waals surface area contributed by atoms with Crippen molar-refractivity contribution in [1.29, 1.82) is 0 Å². The van der Waals surface area contributed by atoms with Crippen molar-refractivity contribution in [2.45, 2.75) is 6.10 Å². The monoisotopic (exact) mass is 256 g/mol. The van der Waals surface area contributed by atoms with Crippen LogP contribution in [0, 0.1) is 10.1 Å². The van der Waals surface area contributed by atoms with Crippen molar-refractivity contribution >= 4 is 17.0 Å². The highest BCUT2D eigenvalue weighted by Gasteiger charge is 2.21. The van der Waals surface area contributed by atoms with Gasteiger partial charge in [0.2, 0.25) is 0 Å². The zero-order chi connectivity index (χ0) is 13.4. The molecule has 5 heteroatoms. The first kappa shape index (κ1) is 11.7. The highest BCUT2D eigenvalue weighted by Crippen LogP contribution is 2.20. The van der Waals surface area contributed by atoms with Crippen LogP contribution in [0.1, 0.15) is 0 Å². The van der Waals surface area contributed by atoms with E-state index in [9.17, 15) is 10.1 Å². The maximum Gasteiger partial charge on any atom is 0.270 e. The molecule has 1 heterocycles. The van der Waals surface area contributed by atoms with Crippen molar-refractivity contribution in [3.63, 3.8) is 0 Å². The molecule has 0 saturated heterocycles. The van der Waals surface area contributed by atoms with E-state index in [1.165, 1.54) is 12.1 Å². The lowest BCUT2D eigenvalue weighted by Crippen LogP contribution is -2.40. The Hall–Kier alpha value is -2.40. The smallest absolute Gasteiger partial charge is 0.270 e. The number of rotatable bonds is 2. The maximum absolute atomic E-state index is 10.9. The summed E-state index contributed by atoms with van der Waals surface area (Å²) in [5, 5.41) is 12.5. The molecule has 1 aliphatic carbocycles. The number of benzene rings is 1. The lowest BCUT2D eigenvalue weighted by Gasteiger charge is -2.24. The molecule has 0 aromatic heterocycles. The van der Waals surface area contributed by atoms with E-state index in [1.54, 1.807) is 6.07 Å². The van der Waals surface area contributed by atoms with Crippen LogP contribution < -0.4 is 16.2 Å². The highest BCUT2D eigenvalue weighted by atomic mass is 16.6. The van der Waals surface area contributed by atoms with Gasteiger partial charge in [-0.15, -0.1) is 0 Å². The molecule has 0 spiro atoms. The Labute approximate surface area is 109 Å². The van der Waals surface area contributed by atoms with Gasteiger partial charge in [0.15, 0.2) is 0 Å². The predicted molar refractivity (Wildman–Crippen MR) is 71.4 cm³/mol. The number of hydrogen-bond donors (Lipinski definition) is 1. The summed E-state index contributed by atoms with van der Waals surface area (Å²) in [5.74, 6) is 0.590. The second-order valence-electron chi connectivity index (χ2n) is 4.35. The van der Waals surface area contributed by atoms with Gasteiger partial charge in [0.05, 0.1) is 11.5 Å². The van der Waals surface area contributed by atoms with E-state index in [0.29, 0.717) is 11.0 Å². The molecule has 0 radical (unpaired) electrons. The van der Waals surface area contributed by atoms with Gasteiger partial charge in [-0.2, -0.15) is 0 Å². The lowest BCUT2D eigenvalue weighted by molar-refractivity contribution is -0.385. The first-order chi connectivity index (χ1) is 9.20. The number of fused-ring (bicyclic) bond motifs is 2. The van der Waals surface area contributed by atoms with Gasteiger partial charge in [-0.25, -0.2) is 0 Å². The van der Waals surface area contributed by atoms with Crippen molar-refractivity contribution in [2.24, 2.45) is 5.73 Å². The van der Waals surface area contributed by atoms with Crippen LogP contribution in [0.2, 0.25) is 0 Å². The standard InChI is InChI=1S/C14H12N2O3/c15-8-14-12-7-9(16(17)18)5-6-10(12)11-3-1-2-4-13(11)19-14/h1-7,13H,8,15H2. The van der Waals surface area contributed by atoms with Crippen LogP contribution in [0.3, 0.4) is 0 Å². The molecule has 2 aliphatic rings. The van der Waals surface area contributed by atoms with Gasteiger partial charge in [-0.05, 0) is 17.4 Å². The first-order valence-electron chi connectivity index (χ1n) is 5.94. The fraction of sp³-hybridized carbons (Fsp3) is 0.143. The minimum atomic E-state index is -0.415. The second-order valence-corrected chi connectivity index (χ2v) is 4.35. The van der Waals surface area contributed by atoms with Crippen molar-refractivity contribution in [2.75, 3.05) is 6.54 Å². The van der Waals surface area contributed by atoms with Gasteiger partial charge in [0, 0.05) is 22.9 Å². The molecule has 96 valence electrons. The summed E-state index contributed by atoms with van der Waals surface area (Å²) in [4.78, 5) is 10.4. The van der Waals surface area contributed by atoms with Crippen molar-refractivity contribution in [3.05, 3.63) is 63.1 Å². The molecular formula is C14H12N2O3. The van der Waals surface area contributed by atoms with Crippen LogP contribution in [-0.4, -0.2) is 17.6 Å². The second kappa shape index (κ2) is 4.37. The molecule has 0 bridgehead atoms. The fourth-order valence-corrected chi connectivity index (χ4v) is 2.37. The van der Waals surface area contributed by atoms with E-state index >= 15 is 0 Å². The largest absolute Gasteiger partial charge is 0.484 e. The summed E-state index contributed by atoms with van der Waals surface area (Å²) in [6.07, 6.45) is 7.59. The fourth-order valence-electron chi connectivity index (χ4n) is 2.37. The minimum Gasteiger partial charge on any atom is -0.484 e. The summed E-state index contributed by atoms with van der Waals surface area (Å²) in [6.45, 7) is 0.218. The molecular weight excluding hydrogens is 244 g/mol. The molecule has 1 aliphatic heterocycles. The third-order valence-electron chi connectivity index (χ3n) is 3.26. The Morgan fingerprint density at radius 3 is 2.89 bits per heavy atom. The van der Waals surface area contributed by atoms with Crippen molar-refractivity contribution in [1.82, 2.24) is 0 Å². The summed E-state index contributed by atoms with van der Waals surface area (Å²) < 4.78 is 5.79. The van der Waals surface area contributed by atoms with Gasteiger partial charge >= 0.3 is 0 Å². The SMILES string of the molecule is NCC1=c2cc([N+](=O)[O-])ccc2=C2C=CC=CC2O1. The molecule has 0 fully saturated rings. The average molecular weight is 256 g/mol. The Balaban J connectivity index is 2.36. The van der Waals surface area contributed by atoms with E-state index in [0.717, 1.165) is 10.8 Å². The molecule has 3 rings (SSSR count). The predicted octanol–water partition coefficient (Wildman–Crippen LogP) is 0.337. The Morgan fingerprint density at radius 2 is 2.16 bits per heavy atom. The van der Waals surface area contributed by atoms with Gasteiger partial charge in [0.1, 0.15) is 11.9 Å². The maximum atomic E-state index is 10.9. The van der Waals surface area contributed by atoms with Crippen LogP contribution in [-0.2, 0) is 4.74 Å². The van der Waals surface area contributed by atoms with Gasteiger partial charge in [-0.1, -0.05) is 18.2 Å². The third-order valence-corrected chi connectivity index (χ3v) is 3.26. The van der Waals surface area contributed by atoms with Crippen molar-refractivity contribution in [3.8, 4) is 0 Å². The van der Waals surface area contributed by atoms with Crippen molar-refractivity contribution < 1.29 is 9.66 Å². The number of nitrogens with two attached hydrogens (primary N) is 1. The average Bonchev–Trinajstić information content (AvgIpc) is 2.45.